The van der Waals surface area contributed by atoms with Crippen molar-refractivity contribution in [2.75, 3.05) is 25.1 Å². The van der Waals surface area contributed by atoms with Crippen molar-refractivity contribution < 1.29 is 23.4 Å². The molecule has 0 bridgehead atoms. The summed E-state index contributed by atoms with van der Waals surface area (Å²) in [5.41, 5.74) is -0.0681. The fourth-order valence-electron chi connectivity index (χ4n) is 3.26. The Balaban J connectivity index is 1.52. The van der Waals surface area contributed by atoms with Gasteiger partial charge in [0, 0.05) is 16.5 Å². The number of fused-ring (bicyclic) bond motifs is 1. The van der Waals surface area contributed by atoms with Gasteiger partial charge in [0.25, 0.3) is 0 Å². The topological polar surface area (TPSA) is 69.9 Å². The van der Waals surface area contributed by atoms with Crippen LogP contribution in [0.15, 0.2) is 59.2 Å². The maximum Gasteiger partial charge on any atom is 0.235 e. The van der Waals surface area contributed by atoms with E-state index in [2.05, 4.69) is 5.32 Å². The van der Waals surface area contributed by atoms with Gasteiger partial charge in [-0.15, -0.1) is 0 Å². The maximum absolute atomic E-state index is 13.0. The molecule has 0 unspecified atom stereocenters. The Kier molecular flexibility index (Phi) is 5.07. The van der Waals surface area contributed by atoms with Crippen molar-refractivity contribution in [3.8, 4) is 5.75 Å². The van der Waals surface area contributed by atoms with Crippen molar-refractivity contribution in [2.45, 2.75) is 20.1 Å². The van der Waals surface area contributed by atoms with E-state index in [1.165, 1.54) is 0 Å². The van der Waals surface area contributed by atoms with Crippen LogP contribution >= 0.6 is 0 Å². The van der Waals surface area contributed by atoms with Crippen LogP contribution in [0.5, 0.6) is 5.75 Å². The minimum atomic E-state index is -0.803. The number of furan rings is 1. The molecule has 1 fully saturated rings. The fourth-order valence-corrected chi connectivity index (χ4v) is 3.26. The van der Waals surface area contributed by atoms with Gasteiger partial charge in [-0.3, -0.25) is 4.79 Å². The van der Waals surface area contributed by atoms with E-state index in [0.717, 1.165) is 22.2 Å². The zero-order valence-corrected chi connectivity index (χ0v) is 15.9. The molecule has 0 radical (unpaired) electrons. The molecule has 0 saturated carbocycles. The summed E-state index contributed by atoms with van der Waals surface area (Å²) in [4.78, 5) is 13.0. The predicted molar refractivity (Wildman–Crippen MR) is 105 cm³/mol. The lowest BCUT2D eigenvalue weighted by molar-refractivity contribution is -0.232. The third kappa shape index (κ3) is 3.48. The lowest BCUT2D eigenvalue weighted by Gasteiger charge is -2.35. The molecular weight excluding hydrogens is 358 g/mol. The van der Waals surface area contributed by atoms with E-state index in [0.29, 0.717) is 12.4 Å². The number of ether oxygens (including phenoxy) is 3. The Hall–Kier alpha value is -2.83. The van der Waals surface area contributed by atoms with Crippen molar-refractivity contribution in [1.82, 2.24) is 0 Å². The summed E-state index contributed by atoms with van der Waals surface area (Å²) in [5.74, 6) is 1.24. The Morgan fingerprint density at radius 2 is 1.86 bits per heavy atom. The van der Waals surface area contributed by atoms with Crippen molar-refractivity contribution >= 4 is 22.4 Å². The second-order valence-electron chi connectivity index (χ2n) is 7.07. The van der Waals surface area contributed by atoms with Crippen LogP contribution in [0.2, 0.25) is 0 Å². The van der Waals surface area contributed by atoms with Crippen molar-refractivity contribution in [2.24, 2.45) is 5.41 Å². The first kappa shape index (κ1) is 18.5. The number of hydrogen-bond acceptors (Lipinski definition) is 5. The zero-order valence-electron chi connectivity index (χ0n) is 15.9. The molecule has 1 aliphatic rings. The fraction of sp³-hybridized carbons (Fsp3) is 0.318. The highest BCUT2D eigenvalue weighted by molar-refractivity contribution is 6.05. The molecule has 2 aromatic carbocycles. The summed E-state index contributed by atoms with van der Waals surface area (Å²) in [7, 11) is 0. The van der Waals surface area contributed by atoms with E-state index < -0.39 is 11.7 Å². The summed E-state index contributed by atoms with van der Waals surface area (Å²) < 4.78 is 22.5. The minimum Gasteiger partial charge on any atom is -0.493 e. The second-order valence-corrected chi connectivity index (χ2v) is 7.07. The van der Waals surface area contributed by atoms with Gasteiger partial charge in [0.05, 0.1) is 31.5 Å². The van der Waals surface area contributed by atoms with Crippen LogP contribution in [0.1, 0.15) is 25.9 Å². The van der Waals surface area contributed by atoms with Crippen molar-refractivity contribution in [1.29, 1.82) is 0 Å². The summed E-state index contributed by atoms with van der Waals surface area (Å²) in [5, 5.41) is 4.92. The summed E-state index contributed by atoms with van der Waals surface area (Å²) in [6.45, 7) is 4.83. The van der Waals surface area contributed by atoms with E-state index in [4.69, 9.17) is 18.6 Å². The molecule has 28 heavy (non-hydrogen) atoms. The summed E-state index contributed by atoms with van der Waals surface area (Å²) in [6.07, 6.45) is 0.988. The molecular formula is C22H23NO5. The number of rotatable bonds is 5. The SMILES string of the molecule is CCOc1ccc(NC(=O)C2(C)COC(c3ccco3)OC2)c2ccccc12. The highest BCUT2D eigenvalue weighted by atomic mass is 16.7. The average molecular weight is 381 g/mol. The van der Waals surface area contributed by atoms with Gasteiger partial charge < -0.3 is 23.9 Å². The summed E-state index contributed by atoms with van der Waals surface area (Å²) >= 11 is 0. The second kappa shape index (κ2) is 7.66. The van der Waals surface area contributed by atoms with E-state index >= 15 is 0 Å². The van der Waals surface area contributed by atoms with Crippen LogP contribution in [-0.2, 0) is 14.3 Å². The van der Waals surface area contributed by atoms with E-state index in [-0.39, 0.29) is 19.1 Å². The number of nitrogens with one attached hydrogen (secondary N) is 1. The first-order valence-corrected chi connectivity index (χ1v) is 9.33. The third-order valence-corrected chi connectivity index (χ3v) is 4.86. The standard InChI is InChI=1S/C22H23NO5/c1-3-25-18-11-10-17(15-7-4-5-8-16(15)18)23-21(24)22(2)13-27-20(28-14-22)19-9-6-12-26-19/h4-12,20H,3,13-14H2,1-2H3,(H,23,24). The largest absolute Gasteiger partial charge is 0.493 e. The molecule has 1 amide bonds. The highest BCUT2D eigenvalue weighted by Gasteiger charge is 2.40. The Bertz CT molecular complexity index is 958. The van der Waals surface area contributed by atoms with E-state index in [1.807, 2.05) is 50.2 Å². The minimum absolute atomic E-state index is 0.153. The van der Waals surface area contributed by atoms with Crippen LogP contribution in [0, 0.1) is 5.41 Å². The predicted octanol–water partition coefficient (Wildman–Crippen LogP) is 4.52. The van der Waals surface area contributed by atoms with Gasteiger partial charge in [-0.05, 0) is 38.1 Å². The number of benzene rings is 2. The smallest absolute Gasteiger partial charge is 0.235 e. The van der Waals surface area contributed by atoms with Gasteiger partial charge in [0.1, 0.15) is 5.75 Å². The van der Waals surface area contributed by atoms with Gasteiger partial charge in [0.2, 0.25) is 12.2 Å². The molecule has 1 aromatic heterocycles. The lowest BCUT2D eigenvalue weighted by Crippen LogP contribution is -2.45. The monoisotopic (exact) mass is 381 g/mol. The molecule has 4 rings (SSSR count). The Morgan fingerprint density at radius 3 is 2.54 bits per heavy atom. The molecule has 6 nitrogen and oxygen atoms in total. The van der Waals surface area contributed by atoms with Crippen LogP contribution in [0.25, 0.3) is 10.8 Å². The summed E-state index contributed by atoms with van der Waals surface area (Å²) in [6, 6.07) is 15.2. The van der Waals surface area contributed by atoms with Gasteiger partial charge in [-0.25, -0.2) is 0 Å². The van der Waals surface area contributed by atoms with Gasteiger partial charge in [-0.1, -0.05) is 24.3 Å². The third-order valence-electron chi connectivity index (χ3n) is 4.86. The molecule has 3 aromatic rings. The molecule has 1 N–H and O–H groups in total. The zero-order chi connectivity index (χ0) is 19.6. The number of hydrogen-bond donors (Lipinski definition) is 1. The molecule has 6 heteroatoms. The first-order chi connectivity index (χ1) is 13.6. The van der Waals surface area contributed by atoms with Gasteiger partial charge in [0.15, 0.2) is 5.76 Å². The first-order valence-electron chi connectivity index (χ1n) is 9.33. The van der Waals surface area contributed by atoms with Crippen LogP contribution in [-0.4, -0.2) is 25.7 Å². The van der Waals surface area contributed by atoms with Crippen LogP contribution in [0.3, 0.4) is 0 Å². The van der Waals surface area contributed by atoms with Crippen LogP contribution < -0.4 is 10.1 Å². The van der Waals surface area contributed by atoms with Crippen molar-refractivity contribution in [3.63, 3.8) is 0 Å². The number of amides is 1. The number of carbonyl (C=O) groups is 1. The Labute approximate surface area is 163 Å². The molecule has 0 atom stereocenters. The lowest BCUT2D eigenvalue weighted by atomic mass is 9.90. The van der Waals surface area contributed by atoms with E-state index in [9.17, 15) is 4.79 Å². The quantitative estimate of drug-likeness (QED) is 0.704. The molecule has 2 heterocycles. The Morgan fingerprint density at radius 1 is 1.11 bits per heavy atom. The normalized spacial score (nSPS) is 22.1. The van der Waals surface area contributed by atoms with Gasteiger partial charge in [-0.2, -0.15) is 0 Å². The molecule has 1 saturated heterocycles. The molecule has 0 spiro atoms. The van der Waals surface area contributed by atoms with Gasteiger partial charge >= 0.3 is 0 Å². The highest BCUT2D eigenvalue weighted by Crippen LogP contribution is 2.35. The average Bonchev–Trinajstić information content (AvgIpc) is 3.25. The number of carbonyl (C=O) groups excluding carboxylic acids is 1. The van der Waals surface area contributed by atoms with Crippen LogP contribution in [0.4, 0.5) is 5.69 Å². The van der Waals surface area contributed by atoms with Crippen molar-refractivity contribution in [3.05, 3.63) is 60.6 Å². The molecule has 1 aliphatic heterocycles. The maximum atomic E-state index is 13.0. The molecule has 0 aliphatic carbocycles. The number of anilines is 1. The van der Waals surface area contributed by atoms with E-state index in [1.54, 1.807) is 18.4 Å². The molecule has 146 valence electrons.